The topological polar surface area (TPSA) is 81.4 Å². The number of nitrogens with zero attached hydrogens (tertiary/aromatic N) is 4. The molecule has 0 spiro atoms. The van der Waals surface area contributed by atoms with Crippen LogP contribution in [0.25, 0.3) is 11.5 Å². The fourth-order valence-corrected chi connectivity index (χ4v) is 4.57. The van der Waals surface area contributed by atoms with Crippen LogP contribution < -0.4 is 4.74 Å². The summed E-state index contributed by atoms with van der Waals surface area (Å²) in [7, 11) is 0. The summed E-state index contributed by atoms with van der Waals surface area (Å²) in [4.78, 5) is 23.8. The molecule has 7 nitrogen and oxygen atoms in total. The van der Waals surface area contributed by atoms with Gasteiger partial charge in [-0.15, -0.1) is 0 Å². The van der Waals surface area contributed by atoms with E-state index in [0.29, 0.717) is 47.9 Å². The van der Waals surface area contributed by atoms with Crippen molar-refractivity contribution in [2.75, 3.05) is 19.7 Å². The van der Waals surface area contributed by atoms with E-state index >= 15 is 0 Å². The van der Waals surface area contributed by atoms with Crippen LogP contribution in [0.3, 0.4) is 0 Å². The lowest BCUT2D eigenvalue weighted by molar-refractivity contribution is 0.0615. The second kappa shape index (κ2) is 10.3. The van der Waals surface area contributed by atoms with Crippen molar-refractivity contribution in [2.45, 2.75) is 19.3 Å². The van der Waals surface area contributed by atoms with E-state index in [-0.39, 0.29) is 17.7 Å². The predicted molar refractivity (Wildman–Crippen MR) is 132 cm³/mol. The highest BCUT2D eigenvalue weighted by Gasteiger charge is 2.33. The first-order chi connectivity index (χ1) is 17.1. The number of piperidine rings is 1. The van der Waals surface area contributed by atoms with Crippen LogP contribution in [0.5, 0.6) is 5.88 Å². The molecular formula is C27H25ClN4O3. The molecule has 0 radical (unpaired) electrons. The van der Waals surface area contributed by atoms with Gasteiger partial charge in [0.15, 0.2) is 5.82 Å². The maximum atomic E-state index is 13.4. The van der Waals surface area contributed by atoms with E-state index in [0.717, 1.165) is 12.0 Å². The van der Waals surface area contributed by atoms with Crippen LogP contribution in [-0.2, 0) is 0 Å². The highest BCUT2D eigenvalue weighted by Crippen LogP contribution is 2.34. The third-order valence-electron chi connectivity index (χ3n) is 6.32. The Balaban J connectivity index is 1.30. The lowest BCUT2D eigenvalue weighted by Crippen LogP contribution is -2.44. The van der Waals surface area contributed by atoms with Crippen LogP contribution in [0.1, 0.15) is 34.1 Å². The van der Waals surface area contributed by atoms with E-state index in [9.17, 15) is 4.79 Å². The molecule has 1 fully saturated rings. The van der Waals surface area contributed by atoms with Gasteiger partial charge in [-0.2, -0.15) is 4.98 Å². The van der Waals surface area contributed by atoms with Gasteiger partial charge in [-0.25, -0.2) is 4.98 Å². The fraction of sp³-hybridized carbons (Fsp3) is 0.259. The highest BCUT2D eigenvalue weighted by molar-refractivity contribution is 6.30. The zero-order chi connectivity index (χ0) is 24.2. The molecule has 1 saturated heterocycles. The summed E-state index contributed by atoms with van der Waals surface area (Å²) in [5.74, 6) is 1.99. The first kappa shape index (κ1) is 23.1. The molecule has 0 N–H and O–H groups in total. The van der Waals surface area contributed by atoms with Gasteiger partial charge in [0.2, 0.25) is 5.88 Å². The molecule has 2 aromatic carbocycles. The van der Waals surface area contributed by atoms with Crippen molar-refractivity contribution in [2.24, 2.45) is 5.92 Å². The fourth-order valence-electron chi connectivity index (χ4n) is 4.45. The number of aryl methyl sites for hydroxylation is 1. The number of halogens is 1. The van der Waals surface area contributed by atoms with Crippen LogP contribution in [0.15, 0.2) is 77.4 Å². The van der Waals surface area contributed by atoms with Crippen molar-refractivity contribution < 1.29 is 14.1 Å². The van der Waals surface area contributed by atoms with Gasteiger partial charge in [0, 0.05) is 48.3 Å². The largest absolute Gasteiger partial charge is 0.477 e. The average molecular weight is 489 g/mol. The van der Waals surface area contributed by atoms with Crippen LogP contribution in [0, 0.1) is 12.8 Å². The van der Waals surface area contributed by atoms with Gasteiger partial charge in [0.05, 0.1) is 11.6 Å². The highest BCUT2D eigenvalue weighted by atomic mass is 35.5. The molecule has 8 heteroatoms. The summed E-state index contributed by atoms with van der Waals surface area (Å²) in [5.41, 5.74) is 2.62. The second-order valence-electron chi connectivity index (χ2n) is 8.67. The summed E-state index contributed by atoms with van der Waals surface area (Å²) < 4.78 is 11.2. The van der Waals surface area contributed by atoms with Gasteiger partial charge in [-0.05, 0) is 49.2 Å². The minimum atomic E-state index is 0.0120. The number of ether oxygens (including phenoxy) is 1. The van der Waals surface area contributed by atoms with E-state index in [4.69, 9.17) is 20.9 Å². The number of hydrogen-bond donors (Lipinski definition) is 0. The number of hydrogen-bond acceptors (Lipinski definition) is 6. The summed E-state index contributed by atoms with van der Waals surface area (Å²) in [6.07, 6.45) is 2.41. The minimum absolute atomic E-state index is 0.0120. The first-order valence-corrected chi connectivity index (χ1v) is 11.9. The molecule has 2 atom stereocenters. The van der Waals surface area contributed by atoms with Crippen LogP contribution in [-0.4, -0.2) is 45.6 Å². The number of carbonyl (C=O) groups is 1. The number of rotatable bonds is 6. The molecule has 3 heterocycles. The van der Waals surface area contributed by atoms with Gasteiger partial charge in [-0.1, -0.05) is 47.1 Å². The van der Waals surface area contributed by atoms with E-state index < -0.39 is 0 Å². The van der Waals surface area contributed by atoms with Crippen molar-refractivity contribution in [1.82, 2.24) is 20.0 Å². The van der Waals surface area contributed by atoms with E-state index in [1.165, 1.54) is 5.56 Å². The monoisotopic (exact) mass is 488 g/mol. The molecule has 5 rings (SSSR count). The lowest BCUT2D eigenvalue weighted by Gasteiger charge is -2.38. The smallest absolute Gasteiger partial charge is 0.257 e. The minimum Gasteiger partial charge on any atom is -0.477 e. The second-order valence-corrected chi connectivity index (χ2v) is 9.10. The molecular weight excluding hydrogens is 464 g/mol. The number of carbonyl (C=O) groups excluding carboxylic acids is 1. The normalized spacial score (nSPS) is 17.8. The Morgan fingerprint density at radius 3 is 2.60 bits per heavy atom. The average Bonchev–Trinajstić information content (AvgIpc) is 3.35. The number of likely N-dealkylation sites (tertiary alicyclic amines) is 1. The molecule has 4 aromatic rings. The van der Waals surface area contributed by atoms with E-state index in [1.54, 1.807) is 25.3 Å². The van der Waals surface area contributed by atoms with Crippen LogP contribution in [0.2, 0.25) is 5.02 Å². The molecule has 0 aliphatic carbocycles. The zero-order valence-corrected chi connectivity index (χ0v) is 20.1. The number of benzene rings is 2. The summed E-state index contributed by atoms with van der Waals surface area (Å²) in [6, 6.07) is 21.2. The van der Waals surface area contributed by atoms with Gasteiger partial charge >= 0.3 is 0 Å². The van der Waals surface area contributed by atoms with Gasteiger partial charge < -0.3 is 14.2 Å². The van der Waals surface area contributed by atoms with Gasteiger partial charge in [-0.3, -0.25) is 4.79 Å². The quantitative estimate of drug-likeness (QED) is 0.360. The Morgan fingerprint density at radius 2 is 1.91 bits per heavy atom. The molecule has 178 valence electrons. The third-order valence-corrected chi connectivity index (χ3v) is 6.55. The predicted octanol–water partition coefficient (Wildman–Crippen LogP) is 5.42. The summed E-state index contributed by atoms with van der Waals surface area (Å²) in [6.45, 7) is 3.58. The summed E-state index contributed by atoms with van der Waals surface area (Å²) in [5, 5.41) is 4.40. The third kappa shape index (κ3) is 5.35. The standard InChI is InChI=1S/C27H25ClN4O3/c1-18-30-26(35-31-18)20-7-9-21(10-8-20)27(33)32-14-13-22(17-34-25-12-11-23(28)15-29-25)24(16-32)19-5-3-2-4-6-19/h2-12,15,22,24H,13-14,16-17H2,1H3. The van der Waals surface area contributed by atoms with Crippen LogP contribution in [0.4, 0.5) is 0 Å². The summed E-state index contributed by atoms with van der Waals surface area (Å²) >= 11 is 5.93. The zero-order valence-electron chi connectivity index (χ0n) is 19.3. The van der Waals surface area contributed by atoms with E-state index in [2.05, 4.69) is 27.3 Å². The first-order valence-electron chi connectivity index (χ1n) is 11.6. The molecule has 1 aliphatic heterocycles. The molecule has 35 heavy (non-hydrogen) atoms. The van der Waals surface area contributed by atoms with Crippen molar-refractivity contribution in [3.8, 4) is 17.3 Å². The van der Waals surface area contributed by atoms with Crippen molar-refractivity contribution in [1.29, 1.82) is 0 Å². The Hall–Kier alpha value is -3.71. The maximum Gasteiger partial charge on any atom is 0.257 e. The van der Waals surface area contributed by atoms with Crippen molar-refractivity contribution in [3.05, 3.63) is 94.9 Å². The van der Waals surface area contributed by atoms with Crippen LogP contribution >= 0.6 is 11.6 Å². The molecule has 1 amide bonds. The Morgan fingerprint density at radius 1 is 1.11 bits per heavy atom. The molecule has 2 aromatic heterocycles. The molecule has 2 unspecified atom stereocenters. The number of pyridine rings is 1. The molecule has 0 bridgehead atoms. The molecule has 0 saturated carbocycles. The van der Waals surface area contributed by atoms with Gasteiger partial charge in [0.1, 0.15) is 0 Å². The van der Waals surface area contributed by atoms with E-state index in [1.807, 2.05) is 47.4 Å². The number of aromatic nitrogens is 3. The van der Waals surface area contributed by atoms with Crippen molar-refractivity contribution in [3.63, 3.8) is 0 Å². The Bertz CT molecular complexity index is 1280. The number of amides is 1. The van der Waals surface area contributed by atoms with Crippen molar-refractivity contribution >= 4 is 17.5 Å². The SMILES string of the molecule is Cc1noc(-c2ccc(C(=O)N3CCC(COc4ccc(Cl)cn4)C(c4ccccc4)C3)cc2)n1. The maximum absolute atomic E-state index is 13.4. The Kier molecular flexibility index (Phi) is 6.77. The lowest BCUT2D eigenvalue weighted by atomic mass is 9.81. The Labute approximate surface area is 208 Å². The van der Waals surface area contributed by atoms with Gasteiger partial charge in [0.25, 0.3) is 11.8 Å². The molecule has 1 aliphatic rings.